The van der Waals surface area contributed by atoms with Gasteiger partial charge in [-0.05, 0) is 37.7 Å². The Bertz CT molecular complexity index is 1270. The maximum atomic E-state index is 15.0. The minimum atomic E-state index is -0.932. The van der Waals surface area contributed by atoms with Crippen LogP contribution in [0.4, 0.5) is 13.2 Å². The summed E-state index contributed by atoms with van der Waals surface area (Å²) in [4.78, 5) is 21.9. The lowest BCUT2D eigenvalue weighted by atomic mass is 9.87. The van der Waals surface area contributed by atoms with E-state index in [1.807, 2.05) is 6.07 Å². The summed E-state index contributed by atoms with van der Waals surface area (Å²) in [6, 6.07) is 4.03. The van der Waals surface area contributed by atoms with Gasteiger partial charge in [0.25, 0.3) is 5.91 Å². The molecule has 4 heterocycles. The number of aromatic nitrogens is 2. The van der Waals surface area contributed by atoms with E-state index in [-0.39, 0.29) is 37.0 Å². The first-order valence-electron chi connectivity index (χ1n) is 12.4. The van der Waals surface area contributed by atoms with Gasteiger partial charge >= 0.3 is 0 Å². The van der Waals surface area contributed by atoms with Crippen molar-refractivity contribution >= 4 is 16.9 Å². The molecule has 3 fully saturated rings. The largest absolute Gasteiger partial charge is 0.490 e. The highest BCUT2D eigenvalue weighted by atomic mass is 19.1. The number of amides is 1. The Labute approximate surface area is 206 Å². The summed E-state index contributed by atoms with van der Waals surface area (Å²) in [7, 11) is 0. The van der Waals surface area contributed by atoms with E-state index in [0.717, 1.165) is 37.2 Å². The fraction of sp³-hybridized carbons (Fsp3) is 0.462. The lowest BCUT2D eigenvalue weighted by Gasteiger charge is -2.32. The molecule has 2 N–H and O–H groups in total. The van der Waals surface area contributed by atoms with Crippen molar-refractivity contribution in [2.45, 2.75) is 43.8 Å². The Balaban J connectivity index is 1.19. The Morgan fingerprint density at radius 1 is 1.06 bits per heavy atom. The van der Waals surface area contributed by atoms with Gasteiger partial charge < -0.3 is 24.7 Å². The second-order valence-corrected chi connectivity index (χ2v) is 9.72. The van der Waals surface area contributed by atoms with Crippen LogP contribution in [0, 0.1) is 17.5 Å². The molecule has 7 nitrogen and oxygen atoms in total. The minimum Gasteiger partial charge on any atom is -0.490 e. The smallest absolute Gasteiger partial charge is 0.259 e. The zero-order valence-corrected chi connectivity index (χ0v) is 19.7. The molecule has 190 valence electrons. The minimum absolute atomic E-state index is 0.00704. The van der Waals surface area contributed by atoms with Gasteiger partial charge in [-0.3, -0.25) is 4.79 Å². The molecule has 0 spiro atoms. The Morgan fingerprint density at radius 3 is 2.47 bits per heavy atom. The number of nitrogens with one attached hydrogen (secondary N) is 2. The summed E-state index contributed by atoms with van der Waals surface area (Å²) >= 11 is 0. The second-order valence-electron chi connectivity index (χ2n) is 9.72. The van der Waals surface area contributed by atoms with Crippen LogP contribution in [0.5, 0.6) is 5.75 Å². The van der Waals surface area contributed by atoms with Crippen molar-refractivity contribution in [3.8, 4) is 5.75 Å². The van der Waals surface area contributed by atoms with Crippen LogP contribution in [0.25, 0.3) is 11.0 Å². The fourth-order valence-corrected chi connectivity index (χ4v) is 5.17. The molecule has 6 rings (SSSR count). The molecule has 0 radical (unpaired) electrons. The highest BCUT2D eigenvalue weighted by molar-refractivity contribution is 5.95. The van der Waals surface area contributed by atoms with Crippen molar-refractivity contribution < 1.29 is 27.4 Å². The number of morpholine rings is 1. The van der Waals surface area contributed by atoms with Gasteiger partial charge in [0.2, 0.25) is 0 Å². The van der Waals surface area contributed by atoms with Crippen molar-refractivity contribution in [2.75, 3.05) is 32.8 Å². The van der Waals surface area contributed by atoms with Crippen LogP contribution < -0.4 is 10.1 Å². The Hall–Kier alpha value is -3.11. The summed E-state index contributed by atoms with van der Waals surface area (Å²) < 4.78 is 55.6. The molecule has 0 bridgehead atoms. The standard InChI is InChI=1S/C26H27F3N4O3/c27-18-9-16(36-15-1-2-15)10-19(28)24(18)26(34)33-6-3-14(4-7-33)23-17-11-21(22-13-30-5-8-35-22)32-25(17)31-12-20(23)29/h9-12,14-15,22,30H,1-8,13H2,(H,31,32). The predicted molar refractivity (Wildman–Crippen MR) is 126 cm³/mol. The van der Waals surface area contributed by atoms with Crippen LogP contribution in [-0.4, -0.2) is 59.7 Å². The monoisotopic (exact) mass is 500 g/mol. The maximum Gasteiger partial charge on any atom is 0.259 e. The van der Waals surface area contributed by atoms with E-state index in [0.29, 0.717) is 42.6 Å². The first kappa shape index (κ1) is 23.3. The van der Waals surface area contributed by atoms with Gasteiger partial charge in [0, 0.05) is 55.0 Å². The third kappa shape index (κ3) is 4.43. The average Bonchev–Trinajstić information content (AvgIpc) is 3.58. The van der Waals surface area contributed by atoms with Crippen molar-refractivity contribution in [1.29, 1.82) is 0 Å². The highest BCUT2D eigenvalue weighted by Crippen LogP contribution is 2.37. The van der Waals surface area contributed by atoms with E-state index in [4.69, 9.17) is 9.47 Å². The number of piperidine rings is 1. The summed E-state index contributed by atoms with van der Waals surface area (Å²) in [5, 5.41) is 3.98. The Kier molecular flexibility index (Phi) is 6.08. The van der Waals surface area contributed by atoms with E-state index < -0.39 is 28.9 Å². The van der Waals surface area contributed by atoms with E-state index in [1.165, 1.54) is 11.1 Å². The van der Waals surface area contributed by atoms with Crippen LogP contribution in [0.2, 0.25) is 0 Å². The Morgan fingerprint density at radius 2 is 1.81 bits per heavy atom. The number of likely N-dealkylation sites (tertiary alicyclic amines) is 1. The quantitative estimate of drug-likeness (QED) is 0.549. The number of hydrogen-bond donors (Lipinski definition) is 2. The lowest BCUT2D eigenvalue weighted by Crippen LogP contribution is -2.39. The maximum absolute atomic E-state index is 15.0. The lowest BCUT2D eigenvalue weighted by molar-refractivity contribution is 0.0254. The van der Waals surface area contributed by atoms with Crippen molar-refractivity contribution in [2.24, 2.45) is 0 Å². The summed E-state index contributed by atoms with van der Waals surface area (Å²) in [6.45, 7) is 2.57. The van der Waals surface area contributed by atoms with E-state index in [9.17, 15) is 13.6 Å². The number of ether oxygens (including phenoxy) is 2. The third-order valence-electron chi connectivity index (χ3n) is 7.19. The molecule has 1 saturated carbocycles. The molecule has 2 aromatic heterocycles. The van der Waals surface area contributed by atoms with Gasteiger partial charge in [0.05, 0.1) is 18.9 Å². The number of pyridine rings is 1. The molecule has 2 aliphatic heterocycles. The molecule has 1 aliphatic carbocycles. The molecule has 1 atom stereocenters. The molecule has 36 heavy (non-hydrogen) atoms. The first-order valence-corrected chi connectivity index (χ1v) is 12.4. The number of halogens is 3. The van der Waals surface area contributed by atoms with E-state index in [1.54, 1.807) is 0 Å². The summed E-state index contributed by atoms with van der Waals surface area (Å²) in [5.41, 5.74) is 1.40. The molecule has 2 saturated heterocycles. The molecule has 1 amide bonds. The van der Waals surface area contributed by atoms with Crippen molar-refractivity contribution in [3.63, 3.8) is 0 Å². The van der Waals surface area contributed by atoms with Crippen LogP contribution in [0.1, 0.15) is 59.3 Å². The van der Waals surface area contributed by atoms with Crippen molar-refractivity contribution in [1.82, 2.24) is 20.2 Å². The van der Waals surface area contributed by atoms with E-state index >= 15 is 4.39 Å². The van der Waals surface area contributed by atoms with Gasteiger partial charge in [-0.2, -0.15) is 0 Å². The second kappa shape index (κ2) is 9.40. The third-order valence-corrected chi connectivity index (χ3v) is 7.19. The first-order chi connectivity index (χ1) is 17.5. The SMILES string of the molecule is O=C(c1c(F)cc(OC2CC2)cc1F)N1CCC(c2c(F)cnc3[nH]c(C4CNCCO4)cc23)CC1. The highest BCUT2D eigenvalue weighted by Gasteiger charge is 2.32. The van der Waals surface area contributed by atoms with Crippen LogP contribution in [-0.2, 0) is 4.74 Å². The molecular weight excluding hydrogens is 473 g/mol. The van der Waals surface area contributed by atoms with Gasteiger partial charge in [-0.1, -0.05) is 0 Å². The van der Waals surface area contributed by atoms with Gasteiger partial charge in [0.15, 0.2) is 0 Å². The molecule has 1 unspecified atom stereocenters. The van der Waals surface area contributed by atoms with Crippen LogP contribution in [0.15, 0.2) is 24.4 Å². The number of H-pyrrole nitrogens is 1. The molecule has 3 aliphatic rings. The molecule has 1 aromatic carbocycles. The van der Waals surface area contributed by atoms with Gasteiger partial charge in [-0.25, -0.2) is 18.2 Å². The molecule has 3 aromatic rings. The van der Waals surface area contributed by atoms with Gasteiger partial charge in [0.1, 0.15) is 40.5 Å². The van der Waals surface area contributed by atoms with E-state index in [2.05, 4.69) is 15.3 Å². The number of benzene rings is 1. The topological polar surface area (TPSA) is 79.5 Å². The number of carbonyl (C=O) groups is 1. The average molecular weight is 501 g/mol. The van der Waals surface area contributed by atoms with Gasteiger partial charge in [-0.15, -0.1) is 0 Å². The van der Waals surface area contributed by atoms with Crippen LogP contribution in [0.3, 0.4) is 0 Å². The summed E-state index contributed by atoms with van der Waals surface area (Å²) in [6.07, 6.45) is 3.70. The zero-order chi connectivity index (χ0) is 24.8. The van der Waals surface area contributed by atoms with Crippen LogP contribution >= 0.6 is 0 Å². The predicted octanol–water partition coefficient (Wildman–Crippen LogP) is 4.20. The number of fused-ring (bicyclic) bond motifs is 1. The zero-order valence-electron chi connectivity index (χ0n) is 19.7. The number of hydrogen-bond acceptors (Lipinski definition) is 5. The number of rotatable bonds is 5. The summed E-state index contributed by atoms with van der Waals surface area (Å²) in [5.74, 6) is -3.02. The number of nitrogens with zero attached hydrogens (tertiary/aromatic N) is 2. The number of aromatic amines is 1. The normalized spacial score (nSPS) is 21.2. The molecular formula is C26H27F3N4O3. The van der Waals surface area contributed by atoms with Crippen molar-refractivity contribution in [3.05, 3.63) is 58.7 Å². The number of carbonyl (C=O) groups excluding carboxylic acids is 1. The fourth-order valence-electron chi connectivity index (χ4n) is 5.17. The molecule has 10 heteroatoms.